The van der Waals surface area contributed by atoms with E-state index in [9.17, 15) is 19.7 Å². The Morgan fingerprint density at radius 1 is 1.03 bits per heavy atom. The van der Waals surface area contributed by atoms with Gasteiger partial charge in [-0.25, -0.2) is 4.68 Å². The molecule has 0 saturated carbocycles. The second-order valence-corrected chi connectivity index (χ2v) is 6.60. The van der Waals surface area contributed by atoms with E-state index in [2.05, 4.69) is 15.7 Å². The molecule has 0 bridgehead atoms. The van der Waals surface area contributed by atoms with Crippen LogP contribution < -0.4 is 10.6 Å². The zero-order chi connectivity index (χ0) is 21.0. The van der Waals surface area contributed by atoms with Gasteiger partial charge in [0.2, 0.25) is 5.91 Å². The van der Waals surface area contributed by atoms with Crippen molar-refractivity contribution in [3.63, 3.8) is 0 Å². The molecule has 148 valence electrons. The molecule has 29 heavy (non-hydrogen) atoms. The Morgan fingerprint density at radius 3 is 2.41 bits per heavy atom. The average molecular weight is 393 g/mol. The van der Waals surface area contributed by atoms with E-state index in [0.29, 0.717) is 17.1 Å². The second-order valence-electron chi connectivity index (χ2n) is 6.60. The lowest BCUT2D eigenvalue weighted by Crippen LogP contribution is -2.18. The molecule has 1 aromatic heterocycles. The van der Waals surface area contributed by atoms with E-state index in [4.69, 9.17) is 0 Å². The maximum Gasteiger partial charge on any atom is 0.276 e. The first kappa shape index (κ1) is 19.7. The zero-order valence-corrected chi connectivity index (χ0v) is 15.8. The molecule has 0 aliphatic carbocycles. The van der Waals surface area contributed by atoms with Crippen LogP contribution in [0.1, 0.15) is 24.3 Å². The van der Waals surface area contributed by atoms with Crippen molar-refractivity contribution in [2.45, 2.75) is 13.8 Å². The first-order valence-electron chi connectivity index (χ1n) is 8.86. The molecular formula is C20H19N5O4. The number of nitrogens with one attached hydrogen (secondary N) is 2. The van der Waals surface area contributed by atoms with E-state index in [1.807, 2.05) is 0 Å². The number of rotatable bonds is 6. The molecule has 0 saturated heterocycles. The number of benzene rings is 2. The Bertz CT molecular complexity index is 1070. The number of anilines is 2. The number of nitrogens with zero attached hydrogens (tertiary/aromatic N) is 3. The van der Waals surface area contributed by atoms with E-state index in [1.54, 1.807) is 56.4 Å². The lowest BCUT2D eigenvalue weighted by molar-refractivity contribution is -0.384. The highest BCUT2D eigenvalue weighted by atomic mass is 16.6. The Kier molecular flexibility index (Phi) is 5.68. The molecule has 0 unspecified atom stereocenters. The summed E-state index contributed by atoms with van der Waals surface area (Å²) in [5.74, 6) is -0.725. The minimum atomic E-state index is -0.494. The largest absolute Gasteiger partial charge is 0.326 e. The monoisotopic (exact) mass is 393 g/mol. The van der Waals surface area contributed by atoms with Crippen LogP contribution >= 0.6 is 0 Å². The van der Waals surface area contributed by atoms with Crippen LogP contribution in [0.4, 0.5) is 17.1 Å². The van der Waals surface area contributed by atoms with Crippen LogP contribution in [-0.4, -0.2) is 26.5 Å². The molecule has 2 amide bonds. The highest BCUT2D eigenvalue weighted by Crippen LogP contribution is 2.18. The standard InChI is InChI=1S/C20H19N5O4/c1-13(2)19(26)21-14-5-3-6-15(11-14)22-20(27)18-9-10-24(23-18)16-7-4-8-17(12-16)25(28)29/h3-13H,1-2H3,(H,21,26)(H,22,27). The van der Waals surface area contributed by atoms with Gasteiger partial charge in [0.05, 0.1) is 10.6 Å². The normalized spacial score (nSPS) is 10.6. The van der Waals surface area contributed by atoms with E-state index >= 15 is 0 Å². The van der Waals surface area contributed by atoms with Gasteiger partial charge >= 0.3 is 0 Å². The Morgan fingerprint density at radius 2 is 1.72 bits per heavy atom. The van der Waals surface area contributed by atoms with Crippen molar-refractivity contribution in [1.82, 2.24) is 9.78 Å². The molecule has 0 spiro atoms. The number of carbonyl (C=O) groups excluding carboxylic acids is 2. The number of hydrogen-bond acceptors (Lipinski definition) is 5. The third-order valence-electron chi connectivity index (χ3n) is 4.04. The van der Waals surface area contributed by atoms with Gasteiger partial charge in [0.15, 0.2) is 5.69 Å². The molecule has 1 heterocycles. The summed E-state index contributed by atoms with van der Waals surface area (Å²) in [6.07, 6.45) is 1.55. The molecule has 9 nitrogen and oxygen atoms in total. The van der Waals surface area contributed by atoms with Crippen molar-refractivity contribution in [2.24, 2.45) is 5.92 Å². The fraction of sp³-hybridized carbons (Fsp3) is 0.150. The molecule has 0 aliphatic rings. The summed E-state index contributed by atoms with van der Waals surface area (Å²) < 4.78 is 1.39. The smallest absolute Gasteiger partial charge is 0.276 e. The maximum atomic E-state index is 12.5. The third kappa shape index (κ3) is 4.83. The van der Waals surface area contributed by atoms with Gasteiger partial charge in [0, 0.05) is 35.6 Å². The van der Waals surface area contributed by atoms with Crippen LogP contribution in [0.3, 0.4) is 0 Å². The number of non-ortho nitro benzene ring substituents is 1. The van der Waals surface area contributed by atoms with Crippen LogP contribution in [0.2, 0.25) is 0 Å². The Hall–Kier alpha value is -4.01. The molecule has 0 radical (unpaired) electrons. The molecule has 9 heteroatoms. The minimum absolute atomic E-state index is 0.0655. The van der Waals surface area contributed by atoms with Crippen LogP contribution in [0.5, 0.6) is 0 Å². The number of aromatic nitrogens is 2. The molecule has 3 rings (SSSR count). The minimum Gasteiger partial charge on any atom is -0.326 e. The number of amides is 2. The molecule has 2 aromatic carbocycles. The van der Waals surface area contributed by atoms with Gasteiger partial charge in [-0.15, -0.1) is 0 Å². The fourth-order valence-electron chi connectivity index (χ4n) is 2.49. The van der Waals surface area contributed by atoms with Gasteiger partial charge in [0.25, 0.3) is 11.6 Å². The van der Waals surface area contributed by atoms with E-state index in [1.165, 1.54) is 22.9 Å². The van der Waals surface area contributed by atoms with Gasteiger partial charge < -0.3 is 10.6 Å². The topological polar surface area (TPSA) is 119 Å². The first-order chi connectivity index (χ1) is 13.8. The van der Waals surface area contributed by atoms with Crippen LogP contribution in [-0.2, 0) is 4.79 Å². The maximum absolute atomic E-state index is 12.5. The number of nitro benzene ring substituents is 1. The Balaban J connectivity index is 1.73. The van der Waals surface area contributed by atoms with E-state index < -0.39 is 10.8 Å². The van der Waals surface area contributed by atoms with Gasteiger partial charge in [0.1, 0.15) is 0 Å². The summed E-state index contributed by atoms with van der Waals surface area (Å²) in [5, 5.41) is 20.6. The number of nitro groups is 1. The predicted octanol–water partition coefficient (Wildman–Crippen LogP) is 3.63. The van der Waals surface area contributed by atoms with Crippen molar-refractivity contribution in [3.05, 3.63) is 76.6 Å². The highest BCUT2D eigenvalue weighted by molar-refractivity contribution is 6.03. The summed E-state index contributed by atoms with van der Waals surface area (Å²) in [5.41, 5.74) is 1.62. The predicted molar refractivity (Wildman–Crippen MR) is 108 cm³/mol. The summed E-state index contributed by atoms with van der Waals surface area (Å²) in [7, 11) is 0. The van der Waals surface area contributed by atoms with Gasteiger partial charge in [-0.2, -0.15) is 5.10 Å². The molecule has 0 aliphatic heterocycles. The second kappa shape index (κ2) is 8.34. The first-order valence-corrected chi connectivity index (χ1v) is 8.86. The van der Waals surface area contributed by atoms with Gasteiger partial charge in [-0.1, -0.05) is 26.0 Å². The summed E-state index contributed by atoms with van der Waals surface area (Å²) in [6, 6.07) is 14.3. The molecule has 0 atom stereocenters. The zero-order valence-electron chi connectivity index (χ0n) is 15.8. The Labute approximate surface area is 166 Å². The summed E-state index contributed by atoms with van der Waals surface area (Å²) >= 11 is 0. The van der Waals surface area contributed by atoms with Crippen molar-refractivity contribution in [2.75, 3.05) is 10.6 Å². The summed E-state index contributed by atoms with van der Waals surface area (Å²) in [4.78, 5) is 34.7. The van der Waals surface area contributed by atoms with Crippen molar-refractivity contribution in [3.8, 4) is 5.69 Å². The van der Waals surface area contributed by atoms with Crippen molar-refractivity contribution < 1.29 is 14.5 Å². The van der Waals surface area contributed by atoms with Gasteiger partial charge in [-0.3, -0.25) is 19.7 Å². The highest BCUT2D eigenvalue weighted by Gasteiger charge is 2.13. The van der Waals surface area contributed by atoms with Crippen LogP contribution in [0, 0.1) is 16.0 Å². The fourth-order valence-corrected chi connectivity index (χ4v) is 2.49. The molecule has 2 N–H and O–H groups in total. The van der Waals surface area contributed by atoms with Crippen LogP contribution in [0.15, 0.2) is 60.8 Å². The van der Waals surface area contributed by atoms with Crippen LogP contribution in [0.25, 0.3) is 5.69 Å². The lowest BCUT2D eigenvalue weighted by atomic mass is 10.2. The number of hydrogen-bond donors (Lipinski definition) is 2. The molecular weight excluding hydrogens is 374 g/mol. The van der Waals surface area contributed by atoms with E-state index in [0.717, 1.165) is 0 Å². The summed E-state index contributed by atoms with van der Waals surface area (Å²) in [6.45, 7) is 3.58. The molecule has 3 aromatic rings. The number of carbonyl (C=O) groups is 2. The van der Waals surface area contributed by atoms with Crippen molar-refractivity contribution in [1.29, 1.82) is 0 Å². The van der Waals surface area contributed by atoms with Crippen molar-refractivity contribution >= 4 is 28.9 Å². The average Bonchev–Trinajstić information content (AvgIpc) is 3.18. The molecule has 0 fully saturated rings. The quantitative estimate of drug-likeness (QED) is 0.490. The van der Waals surface area contributed by atoms with E-state index in [-0.39, 0.29) is 23.2 Å². The lowest BCUT2D eigenvalue weighted by Gasteiger charge is -2.09. The van der Waals surface area contributed by atoms with Gasteiger partial charge in [-0.05, 0) is 30.3 Å². The third-order valence-corrected chi connectivity index (χ3v) is 4.04. The SMILES string of the molecule is CC(C)C(=O)Nc1cccc(NC(=O)c2ccn(-c3cccc([N+](=O)[O-])c3)n2)c1.